The third kappa shape index (κ3) is 7.74. The number of carbonyl (C=O) groups excluding carboxylic acids is 3. The van der Waals surface area contributed by atoms with Crippen LogP contribution >= 0.6 is 0 Å². The molecule has 4 N–H and O–H groups in total. The third-order valence-corrected chi connectivity index (χ3v) is 3.40. The number of Topliss-reactive ketones (excluding diaryl/α,β-unsaturated/α-hetero) is 1. The fraction of sp³-hybridized carbons (Fsp3) is 0.769. The van der Waals surface area contributed by atoms with Crippen molar-refractivity contribution in [1.29, 1.82) is 0 Å². The molecule has 2 amide bonds. The van der Waals surface area contributed by atoms with Gasteiger partial charge in [0.1, 0.15) is 5.78 Å². The van der Waals surface area contributed by atoms with Crippen LogP contribution in [0, 0.1) is 0 Å². The molecule has 1 rings (SSSR count). The number of rotatable bonds is 6. The summed E-state index contributed by atoms with van der Waals surface area (Å²) in [6.45, 7) is 6.28. The van der Waals surface area contributed by atoms with Crippen LogP contribution in [-0.2, 0) is 14.4 Å². The number of amides is 2. The molecule has 1 heterocycles. The minimum absolute atomic E-state index is 0.0946. The lowest BCUT2D eigenvalue weighted by Crippen LogP contribution is -2.42. The Morgan fingerprint density at radius 1 is 0.714 bits per heavy atom. The first-order valence-corrected chi connectivity index (χ1v) is 7.10. The molecule has 8 heteroatoms. The summed E-state index contributed by atoms with van der Waals surface area (Å²) in [6.07, 6.45) is 0. The summed E-state index contributed by atoms with van der Waals surface area (Å²) in [5.74, 6) is -0.667. The number of primary amides is 2. The van der Waals surface area contributed by atoms with Gasteiger partial charge in [0.05, 0.1) is 19.6 Å². The van der Waals surface area contributed by atoms with E-state index in [0.717, 1.165) is 0 Å². The summed E-state index contributed by atoms with van der Waals surface area (Å²) in [5.41, 5.74) is 10.5. The maximum Gasteiger partial charge on any atom is 0.231 e. The monoisotopic (exact) mass is 299 g/mol. The van der Waals surface area contributed by atoms with Gasteiger partial charge in [-0.3, -0.25) is 29.1 Å². The van der Waals surface area contributed by atoms with Gasteiger partial charge in [-0.1, -0.05) is 0 Å². The standard InChI is InChI=1S/C13H25N5O3/c1-11(19)8-16-2-4-17(9-12(14)20)6-7-18(5-3-16)10-13(15)21/h2-10H2,1H3,(H2,14,20)(H2,15,21). The molecule has 1 aliphatic heterocycles. The molecule has 8 nitrogen and oxygen atoms in total. The smallest absolute Gasteiger partial charge is 0.231 e. The number of nitrogens with zero attached hydrogens (tertiary/aromatic N) is 3. The van der Waals surface area contributed by atoms with Gasteiger partial charge in [0.25, 0.3) is 0 Å². The van der Waals surface area contributed by atoms with Gasteiger partial charge in [-0.15, -0.1) is 0 Å². The zero-order chi connectivity index (χ0) is 15.8. The van der Waals surface area contributed by atoms with Crippen molar-refractivity contribution in [1.82, 2.24) is 14.7 Å². The van der Waals surface area contributed by atoms with E-state index in [9.17, 15) is 14.4 Å². The minimum atomic E-state index is -0.381. The molecule has 0 aromatic rings. The Labute approximate surface area is 125 Å². The maximum atomic E-state index is 11.3. The van der Waals surface area contributed by atoms with Gasteiger partial charge in [-0.25, -0.2) is 0 Å². The van der Waals surface area contributed by atoms with Gasteiger partial charge in [0.15, 0.2) is 0 Å². The molecule has 0 aliphatic carbocycles. The number of hydrogen-bond acceptors (Lipinski definition) is 6. The van der Waals surface area contributed by atoms with Gasteiger partial charge in [-0.2, -0.15) is 0 Å². The fourth-order valence-corrected chi connectivity index (χ4v) is 2.41. The van der Waals surface area contributed by atoms with Crippen LogP contribution in [-0.4, -0.2) is 91.2 Å². The van der Waals surface area contributed by atoms with E-state index in [2.05, 4.69) is 0 Å². The van der Waals surface area contributed by atoms with Crippen molar-refractivity contribution in [3.05, 3.63) is 0 Å². The molecule has 0 spiro atoms. The molecular formula is C13H25N5O3. The van der Waals surface area contributed by atoms with E-state index in [0.29, 0.717) is 45.8 Å². The Kier molecular flexibility index (Phi) is 7.27. The SMILES string of the molecule is CC(=O)CN1CCN(CC(N)=O)CCN(CC(N)=O)CC1. The van der Waals surface area contributed by atoms with Crippen LogP contribution in [0.2, 0.25) is 0 Å². The van der Waals surface area contributed by atoms with Crippen LogP contribution in [0.3, 0.4) is 0 Å². The first-order valence-electron chi connectivity index (χ1n) is 7.10. The Hall–Kier alpha value is -1.51. The summed E-state index contributed by atoms with van der Waals surface area (Å²) in [5, 5.41) is 0. The number of nitrogens with two attached hydrogens (primary N) is 2. The number of hydrogen-bond donors (Lipinski definition) is 2. The summed E-state index contributed by atoms with van der Waals surface area (Å²) in [7, 11) is 0. The molecule has 1 fully saturated rings. The highest BCUT2D eigenvalue weighted by molar-refractivity contribution is 5.77. The van der Waals surface area contributed by atoms with Gasteiger partial charge in [-0.05, 0) is 6.92 Å². The van der Waals surface area contributed by atoms with E-state index in [-0.39, 0.29) is 30.7 Å². The highest BCUT2D eigenvalue weighted by Crippen LogP contribution is 2.00. The second kappa shape index (κ2) is 8.71. The summed E-state index contributed by atoms with van der Waals surface area (Å²) < 4.78 is 0. The average Bonchev–Trinajstić information content (AvgIpc) is 2.42. The van der Waals surface area contributed by atoms with E-state index in [1.807, 2.05) is 14.7 Å². The molecule has 0 aromatic heterocycles. The minimum Gasteiger partial charge on any atom is -0.369 e. The summed E-state index contributed by atoms with van der Waals surface area (Å²) in [6, 6.07) is 0. The van der Waals surface area contributed by atoms with Crippen molar-refractivity contribution in [2.45, 2.75) is 6.92 Å². The molecule has 0 radical (unpaired) electrons. The first-order chi connectivity index (χ1) is 9.86. The molecule has 21 heavy (non-hydrogen) atoms. The fourth-order valence-electron chi connectivity index (χ4n) is 2.41. The normalized spacial score (nSPS) is 19.5. The van der Waals surface area contributed by atoms with Crippen molar-refractivity contribution in [3.63, 3.8) is 0 Å². The van der Waals surface area contributed by atoms with Crippen LogP contribution in [0.15, 0.2) is 0 Å². The lowest BCUT2D eigenvalue weighted by molar-refractivity contribution is -0.120. The Bertz CT molecular complexity index is 319. The molecular weight excluding hydrogens is 274 g/mol. The molecule has 1 aliphatic rings. The van der Waals surface area contributed by atoms with Crippen molar-refractivity contribution in [3.8, 4) is 0 Å². The van der Waals surface area contributed by atoms with Crippen LogP contribution in [0.4, 0.5) is 0 Å². The van der Waals surface area contributed by atoms with Crippen LogP contribution in [0.1, 0.15) is 6.92 Å². The van der Waals surface area contributed by atoms with Gasteiger partial charge in [0, 0.05) is 39.3 Å². The number of ketones is 1. The number of carbonyl (C=O) groups is 3. The molecule has 0 atom stereocenters. The van der Waals surface area contributed by atoms with E-state index in [1.54, 1.807) is 6.92 Å². The Morgan fingerprint density at radius 3 is 1.24 bits per heavy atom. The van der Waals surface area contributed by atoms with Crippen molar-refractivity contribution in [2.24, 2.45) is 11.5 Å². The van der Waals surface area contributed by atoms with E-state index in [4.69, 9.17) is 11.5 Å². The van der Waals surface area contributed by atoms with Crippen molar-refractivity contribution >= 4 is 17.6 Å². The van der Waals surface area contributed by atoms with Gasteiger partial charge < -0.3 is 11.5 Å². The van der Waals surface area contributed by atoms with Gasteiger partial charge >= 0.3 is 0 Å². The van der Waals surface area contributed by atoms with Gasteiger partial charge in [0.2, 0.25) is 11.8 Å². The molecule has 0 aromatic carbocycles. The predicted octanol–water partition coefficient (Wildman–Crippen LogP) is -2.53. The zero-order valence-corrected chi connectivity index (χ0v) is 12.6. The Balaban J connectivity index is 2.68. The lowest BCUT2D eigenvalue weighted by atomic mass is 10.3. The Morgan fingerprint density at radius 2 is 1.00 bits per heavy atom. The maximum absolute atomic E-state index is 11.3. The van der Waals surface area contributed by atoms with Crippen LogP contribution in [0.25, 0.3) is 0 Å². The molecule has 0 bridgehead atoms. The topological polar surface area (TPSA) is 113 Å². The van der Waals surface area contributed by atoms with Crippen molar-refractivity contribution in [2.75, 3.05) is 58.9 Å². The van der Waals surface area contributed by atoms with Crippen molar-refractivity contribution < 1.29 is 14.4 Å². The lowest BCUT2D eigenvalue weighted by Gasteiger charge is -2.24. The largest absolute Gasteiger partial charge is 0.369 e. The third-order valence-electron chi connectivity index (χ3n) is 3.40. The van der Waals surface area contributed by atoms with E-state index >= 15 is 0 Å². The van der Waals surface area contributed by atoms with E-state index < -0.39 is 0 Å². The van der Waals surface area contributed by atoms with E-state index in [1.165, 1.54) is 0 Å². The second-order valence-electron chi connectivity index (χ2n) is 5.46. The summed E-state index contributed by atoms with van der Waals surface area (Å²) in [4.78, 5) is 39.4. The molecule has 1 saturated heterocycles. The summed E-state index contributed by atoms with van der Waals surface area (Å²) >= 11 is 0. The highest BCUT2D eigenvalue weighted by atomic mass is 16.1. The molecule has 0 saturated carbocycles. The quantitative estimate of drug-likeness (QED) is 0.559. The molecule has 0 unspecified atom stereocenters. The average molecular weight is 299 g/mol. The zero-order valence-electron chi connectivity index (χ0n) is 12.6. The van der Waals surface area contributed by atoms with Crippen LogP contribution < -0.4 is 11.5 Å². The predicted molar refractivity (Wildman–Crippen MR) is 78.4 cm³/mol. The first kappa shape index (κ1) is 17.5. The van der Waals surface area contributed by atoms with Crippen LogP contribution in [0.5, 0.6) is 0 Å². The molecule has 120 valence electrons. The highest BCUT2D eigenvalue weighted by Gasteiger charge is 2.18. The second-order valence-corrected chi connectivity index (χ2v) is 5.46.